The number of fused-ring (bicyclic) bond motifs is 13. The lowest BCUT2D eigenvalue weighted by Gasteiger charge is -2.40. The monoisotopic (exact) mass is 1130 g/mol. The van der Waals surface area contributed by atoms with Crippen molar-refractivity contribution in [1.82, 2.24) is 14.0 Å². The summed E-state index contributed by atoms with van der Waals surface area (Å²) >= 11 is 1.82. The molecule has 4 aliphatic rings. The minimum atomic E-state index is 0. The van der Waals surface area contributed by atoms with Gasteiger partial charge in [-0.25, -0.2) is 4.98 Å². The van der Waals surface area contributed by atoms with Crippen LogP contribution in [0.4, 0.5) is 62.6 Å². The van der Waals surface area contributed by atoms with Gasteiger partial charge < -0.3 is 34.2 Å². The smallest absolute Gasteiger partial charge is 0.215 e. The summed E-state index contributed by atoms with van der Waals surface area (Å²) in [5.74, 6) is 2.82. The Kier molecular flexibility index (Phi) is 15.4. The minimum Gasteiger partial charge on any atom is -0.453 e. The third-order valence-electron chi connectivity index (χ3n) is 16.1. The van der Waals surface area contributed by atoms with Crippen LogP contribution in [0, 0.1) is 0 Å². The number of anilines is 11. The van der Waals surface area contributed by atoms with E-state index in [0.29, 0.717) is 0 Å². The first kappa shape index (κ1) is 55.4. The quantitative estimate of drug-likeness (QED) is 0.175. The second-order valence-corrected chi connectivity index (χ2v) is 22.6. The molecular weight excluding hydrogens is 1060 g/mol. The highest BCUT2D eigenvalue weighted by Gasteiger charge is 2.34. The molecule has 4 aliphatic heterocycles. The van der Waals surface area contributed by atoms with E-state index < -0.39 is 0 Å². The fourth-order valence-corrected chi connectivity index (χ4v) is 12.8. The highest BCUT2D eigenvalue weighted by atomic mass is 32.2. The third kappa shape index (κ3) is 10.4. The van der Waals surface area contributed by atoms with Crippen molar-refractivity contribution in [3.05, 3.63) is 284 Å². The number of hydrogen-bond donors (Lipinski definition) is 1. The first-order valence-corrected chi connectivity index (χ1v) is 29.2. The van der Waals surface area contributed by atoms with Crippen LogP contribution in [0.25, 0.3) is 27.8 Å². The molecule has 6 heterocycles. The van der Waals surface area contributed by atoms with Crippen molar-refractivity contribution < 1.29 is 4.74 Å². The molecule has 17 rings (SSSR count). The van der Waals surface area contributed by atoms with Crippen LogP contribution in [0.1, 0.15) is 32.4 Å². The van der Waals surface area contributed by atoms with Crippen molar-refractivity contribution in [2.45, 2.75) is 36.5 Å². The Balaban J connectivity index is 0.000000105. The Morgan fingerprint density at radius 2 is 0.765 bits per heavy atom. The summed E-state index contributed by atoms with van der Waals surface area (Å²) in [5.41, 5.74) is 20.8. The van der Waals surface area contributed by atoms with Gasteiger partial charge in [-0.3, -0.25) is 4.40 Å². The molecule has 0 amide bonds. The molecule has 10 heteroatoms. The molecule has 0 bridgehead atoms. The topological polar surface area (TPSA) is 56.5 Å². The molecule has 11 aromatic carbocycles. The third-order valence-corrected chi connectivity index (χ3v) is 17.3. The number of aromatic nitrogens is 3. The van der Waals surface area contributed by atoms with Gasteiger partial charge in [0.2, 0.25) is 5.78 Å². The van der Waals surface area contributed by atoms with E-state index in [1.807, 2.05) is 54.2 Å². The first-order chi connectivity index (χ1) is 41.1. The van der Waals surface area contributed by atoms with Gasteiger partial charge in [0.05, 0.1) is 67.6 Å². The second-order valence-electron chi connectivity index (χ2n) is 21.5. The highest BCUT2D eigenvalue weighted by Crippen LogP contribution is 2.51. The Bertz CT molecular complexity index is 4280. The number of benzene rings is 11. The number of nitrogens with zero attached hydrogens (tertiary/aromatic N) is 7. The van der Waals surface area contributed by atoms with Gasteiger partial charge in [-0.15, -0.1) is 0 Å². The van der Waals surface area contributed by atoms with Crippen LogP contribution in [-0.4, -0.2) is 35.1 Å². The summed E-state index contributed by atoms with van der Waals surface area (Å²) in [6.45, 7) is 4.61. The summed E-state index contributed by atoms with van der Waals surface area (Å²) in [5, 5.41) is 3.42. The van der Waals surface area contributed by atoms with Crippen molar-refractivity contribution in [1.29, 1.82) is 0 Å². The maximum absolute atomic E-state index is 5.81. The molecule has 0 spiro atoms. The maximum atomic E-state index is 5.81. The molecule has 0 atom stereocenters. The Morgan fingerprint density at radius 1 is 0.376 bits per heavy atom. The maximum Gasteiger partial charge on any atom is 0.215 e. The number of imidazole rings is 2. The van der Waals surface area contributed by atoms with Gasteiger partial charge in [0.1, 0.15) is 0 Å². The van der Waals surface area contributed by atoms with Crippen molar-refractivity contribution in [2.75, 3.05) is 46.1 Å². The Labute approximate surface area is 503 Å². The number of aryl methyl sites for hydroxylation is 1. The molecule has 1 N–H and O–H groups in total. The van der Waals surface area contributed by atoms with Gasteiger partial charge in [0.25, 0.3) is 0 Å². The van der Waals surface area contributed by atoms with Crippen LogP contribution in [-0.2, 0) is 12.5 Å². The normalized spacial score (nSPS) is 13.1. The predicted octanol–water partition coefficient (Wildman–Crippen LogP) is 20.4. The van der Waals surface area contributed by atoms with Gasteiger partial charge in [0, 0.05) is 60.5 Å². The molecule has 0 unspecified atom stereocenters. The first-order valence-electron chi connectivity index (χ1n) is 28.4. The van der Waals surface area contributed by atoms with E-state index in [0.717, 1.165) is 34.2 Å². The fraction of sp³-hybridized carbons (Fsp3) is 0.107. The van der Waals surface area contributed by atoms with Crippen molar-refractivity contribution >= 4 is 102 Å². The van der Waals surface area contributed by atoms with Crippen LogP contribution in [0.2, 0.25) is 0 Å². The second kappa shape index (κ2) is 23.6. The summed E-state index contributed by atoms with van der Waals surface area (Å²) in [7, 11) is 8.39. The van der Waals surface area contributed by atoms with E-state index in [2.05, 4.69) is 311 Å². The van der Waals surface area contributed by atoms with E-state index in [-0.39, 0.29) is 12.8 Å². The minimum absolute atomic E-state index is 0. The number of para-hydroxylation sites is 17. The lowest BCUT2D eigenvalue weighted by Crippen LogP contribution is -2.30. The molecule has 0 radical (unpaired) electrons. The lowest BCUT2D eigenvalue weighted by atomic mass is 9.74. The van der Waals surface area contributed by atoms with E-state index in [1.54, 1.807) is 0 Å². The zero-order valence-electron chi connectivity index (χ0n) is 47.9. The largest absolute Gasteiger partial charge is 0.453 e. The van der Waals surface area contributed by atoms with E-state index in [4.69, 9.17) is 4.74 Å². The van der Waals surface area contributed by atoms with Crippen LogP contribution in [0.15, 0.2) is 283 Å². The molecule has 2 aromatic heterocycles. The van der Waals surface area contributed by atoms with E-state index in [1.165, 1.54) is 88.7 Å². The summed E-state index contributed by atoms with van der Waals surface area (Å²) in [4.78, 5) is 16.3. The van der Waals surface area contributed by atoms with Crippen molar-refractivity contribution in [3.63, 3.8) is 0 Å². The molecule has 13 aromatic rings. The number of nitrogens with one attached hydrogen (secondary N) is 1. The van der Waals surface area contributed by atoms with Crippen LogP contribution >= 0.6 is 11.8 Å². The molecule has 85 heavy (non-hydrogen) atoms. The number of hydrogen-bond acceptors (Lipinski definition) is 8. The van der Waals surface area contributed by atoms with E-state index >= 15 is 0 Å². The van der Waals surface area contributed by atoms with Gasteiger partial charge in [0.15, 0.2) is 11.5 Å². The van der Waals surface area contributed by atoms with Crippen LogP contribution < -0.4 is 29.7 Å². The van der Waals surface area contributed by atoms with Gasteiger partial charge in [-0.1, -0.05) is 185 Å². The van der Waals surface area contributed by atoms with E-state index in [9.17, 15) is 0 Å². The van der Waals surface area contributed by atoms with Gasteiger partial charge >= 0.3 is 0 Å². The average Bonchev–Trinajstić information content (AvgIpc) is 2.81. The molecule has 0 fully saturated rings. The Hall–Kier alpha value is -10.2. The van der Waals surface area contributed by atoms with Crippen molar-refractivity contribution in [2.24, 2.45) is 7.05 Å². The SMILES string of the molecule is C.CN1c2ccccc2C(C)(C)c2ccccc21.CN1c2ccccc2N(c2ccccc2)c2ccccc21.CN1c2ccccc2Oc2ccccc21.Cn1c2ccccc2n2c3ccccc3nc12.c1ccc2c(c1)Nc1ccccc1S2. The standard InChI is InChI=1S/C19H16N2.C16H17N.C14H11N3.C13H11NO.C12H9NS.CH4/c1-20-16-11-5-7-13-18(16)21(15-9-3-2-4-10-15)19-14-8-6-12-17(19)20;1-16(2)12-8-4-6-10-14(12)17(3)15-11-7-5-9-13(15)16;1-16-12-8-4-5-9-13(12)17-11-7-3-2-6-10(11)15-14(16)17;1-14-10-6-2-4-8-12(10)15-13-9-5-3-7-11(13)14;1-3-7-11-9(5-1)13-10-6-2-4-8-12(10)14-11;/h2-14H,1H3;4-11H,1-3H3;2-9H,1H3;2-9H,1H3;1-8,13H;1H4. The number of ether oxygens (including phenoxy) is 1. The highest BCUT2D eigenvalue weighted by molar-refractivity contribution is 7.99. The summed E-state index contributed by atoms with van der Waals surface area (Å²) < 4.78 is 10.2. The van der Waals surface area contributed by atoms with Gasteiger partial charge in [-0.2, -0.15) is 0 Å². The number of rotatable bonds is 1. The predicted molar refractivity (Wildman–Crippen MR) is 359 cm³/mol. The van der Waals surface area contributed by atoms with Crippen molar-refractivity contribution in [3.8, 4) is 11.5 Å². The summed E-state index contributed by atoms with van der Waals surface area (Å²) in [6, 6.07) is 94.4. The Morgan fingerprint density at radius 3 is 1.32 bits per heavy atom. The molecule has 0 aliphatic carbocycles. The van der Waals surface area contributed by atoms with Gasteiger partial charge in [-0.05, 0) is 132 Å². The van der Waals surface area contributed by atoms with Crippen LogP contribution in [0.3, 0.4) is 0 Å². The molecule has 0 saturated carbocycles. The molecule has 0 saturated heterocycles. The fourth-order valence-electron chi connectivity index (χ4n) is 11.8. The molecular formula is C75H68N8OS. The van der Waals surface area contributed by atoms with Crippen LogP contribution in [0.5, 0.6) is 11.5 Å². The molecule has 420 valence electrons. The summed E-state index contributed by atoms with van der Waals surface area (Å²) in [6.07, 6.45) is 0. The zero-order chi connectivity index (χ0) is 57.3. The lowest BCUT2D eigenvalue weighted by molar-refractivity contribution is 0.475. The average molecular weight is 1130 g/mol. The molecule has 9 nitrogen and oxygen atoms in total. The zero-order valence-corrected chi connectivity index (χ0v) is 48.7.